The van der Waals surface area contributed by atoms with Gasteiger partial charge >= 0.3 is 12.6 Å². The fourth-order valence-electron chi connectivity index (χ4n) is 4.71. The Kier molecular flexibility index (Phi) is 7.27. The van der Waals surface area contributed by atoms with E-state index < -0.39 is 24.7 Å². The zero-order valence-electron chi connectivity index (χ0n) is 20.6. The van der Waals surface area contributed by atoms with Gasteiger partial charge < -0.3 is 20.1 Å². The number of aromatic nitrogens is 5. The van der Waals surface area contributed by atoms with E-state index in [1.165, 1.54) is 22.1 Å². The lowest BCUT2D eigenvalue weighted by molar-refractivity contribution is -0.124. The molecule has 11 nitrogen and oxygen atoms in total. The van der Waals surface area contributed by atoms with Crippen LogP contribution in [-0.2, 0) is 29.4 Å². The van der Waals surface area contributed by atoms with Crippen LogP contribution in [0, 0.1) is 5.92 Å². The molecule has 2 aliphatic rings. The SMILES string of the molecule is CCOC(=O)c1c(NC(=O)[C@H]2C[C@H](F)C2)sc2c1C[C@@H](n1cnnc1Nc1cc(OC(F)F)nn1C)CC2. The van der Waals surface area contributed by atoms with Gasteiger partial charge in [-0.3, -0.25) is 9.36 Å². The van der Waals surface area contributed by atoms with E-state index >= 15 is 0 Å². The number of esters is 1. The molecule has 0 unspecified atom stereocenters. The predicted molar refractivity (Wildman–Crippen MR) is 131 cm³/mol. The summed E-state index contributed by atoms with van der Waals surface area (Å²) in [4.78, 5) is 26.6. The van der Waals surface area contributed by atoms with E-state index in [9.17, 15) is 22.8 Å². The number of nitrogens with one attached hydrogen (secondary N) is 2. The number of amides is 1. The summed E-state index contributed by atoms with van der Waals surface area (Å²) >= 11 is 1.34. The second kappa shape index (κ2) is 10.6. The molecule has 0 aliphatic heterocycles. The first-order valence-electron chi connectivity index (χ1n) is 12.1. The Labute approximate surface area is 219 Å². The standard InChI is InChI=1S/C23H26F3N7O4S/c1-3-36-21(35)18-14-8-13(4-5-15(14)38-20(18)29-19(34)11-6-12(24)7-11)33-10-27-30-23(33)28-16-9-17(31-32(16)2)37-22(25)26/h9-13,22H,3-8H2,1-2H3,(H,28,30)(H,29,34)/t11-,12-,13-/m0/s1. The number of hydrogen-bond acceptors (Lipinski definition) is 9. The molecule has 0 spiro atoms. The molecule has 2 N–H and O–H groups in total. The number of ether oxygens (including phenoxy) is 2. The summed E-state index contributed by atoms with van der Waals surface area (Å²) in [7, 11) is 1.57. The Bertz CT molecular complexity index is 1330. The first-order valence-corrected chi connectivity index (χ1v) is 13.0. The van der Waals surface area contributed by atoms with Gasteiger partial charge in [-0.15, -0.1) is 26.6 Å². The summed E-state index contributed by atoms with van der Waals surface area (Å²) in [5.41, 5.74) is 1.11. The lowest BCUT2D eigenvalue weighted by Gasteiger charge is -2.28. The van der Waals surface area contributed by atoms with Gasteiger partial charge in [-0.2, -0.15) is 8.78 Å². The summed E-state index contributed by atoms with van der Waals surface area (Å²) in [6, 6.07) is 1.18. The molecule has 38 heavy (non-hydrogen) atoms. The molecule has 1 atom stereocenters. The minimum Gasteiger partial charge on any atom is -0.462 e. The fourth-order valence-corrected chi connectivity index (χ4v) is 5.94. The minimum atomic E-state index is -3.00. The van der Waals surface area contributed by atoms with E-state index in [2.05, 4.69) is 30.7 Å². The second-order valence-electron chi connectivity index (χ2n) is 9.14. The molecule has 3 heterocycles. The number of carbonyl (C=O) groups is 2. The monoisotopic (exact) mass is 553 g/mol. The summed E-state index contributed by atoms with van der Waals surface area (Å²) in [6.07, 6.45) is 2.74. The molecule has 204 valence electrons. The van der Waals surface area contributed by atoms with Crippen LogP contribution < -0.4 is 15.4 Å². The molecule has 0 radical (unpaired) electrons. The van der Waals surface area contributed by atoms with Gasteiger partial charge in [0.25, 0.3) is 0 Å². The van der Waals surface area contributed by atoms with Gasteiger partial charge in [-0.25, -0.2) is 13.9 Å². The van der Waals surface area contributed by atoms with E-state index in [-0.39, 0.29) is 37.3 Å². The molecular formula is C23H26F3N7O4S. The number of anilines is 3. The van der Waals surface area contributed by atoms with E-state index in [0.717, 1.165) is 10.4 Å². The normalized spacial score (nSPS) is 20.5. The summed E-state index contributed by atoms with van der Waals surface area (Å²) < 4.78 is 51.2. The summed E-state index contributed by atoms with van der Waals surface area (Å²) in [6.45, 7) is -1.12. The van der Waals surface area contributed by atoms with Crippen molar-refractivity contribution in [3.63, 3.8) is 0 Å². The van der Waals surface area contributed by atoms with E-state index in [4.69, 9.17) is 4.74 Å². The smallest absolute Gasteiger partial charge is 0.388 e. The van der Waals surface area contributed by atoms with Gasteiger partial charge in [0, 0.05) is 30.0 Å². The minimum absolute atomic E-state index is 0.143. The molecule has 1 amide bonds. The number of aryl methyl sites for hydroxylation is 2. The maximum Gasteiger partial charge on any atom is 0.388 e. The number of fused-ring (bicyclic) bond motifs is 1. The summed E-state index contributed by atoms with van der Waals surface area (Å²) in [5.74, 6) is -0.744. The van der Waals surface area contributed by atoms with Gasteiger partial charge in [0.2, 0.25) is 17.7 Å². The average Bonchev–Trinajstić information content (AvgIpc) is 3.53. The van der Waals surface area contributed by atoms with Crippen molar-refractivity contribution >= 4 is 40.0 Å². The van der Waals surface area contributed by atoms with Crippen molar-refractivity contribution in [2.24, 2.45) is 13.0 Å². The number of thiophene rings is 1. The maximum absolute atomic E-state index is 13.3. The summed E-state index contributed by atoms with van der Waals surface area (Å²) in [5, 5.41) is 18.3. The van der Waals surface area contributed by atoms with Crippen LogP contribution in [0.15, 0.2) is 12.4 Å². The highest BCUT2D eigenvalue weighted by Gasteiger charge is 2.37. The van der Waals surface area contributed by atoms with Crippen molar-refractivity contribution in [3.05, 3.63) is 28.4 Å². The van der Waals surface area contributed by atoms with Gasteiger partial charge in [-0.1, -0.05) is 0 Å². The van der Waals surface area contributed by atoms with Crippen LogP contribution in [0.5, 0.6) is 5.88 Å². The largest absolute Gasteiger partial charge is 0.462 e. The van der Waals surface area contributed by atoms with Crippen molar-refractivity contribution in [2.45, 2.75) is 57.9 Å². The third kappa shape index (κ3) is 5.19. The molecule has 0 aromatic carbocycles. The van der Waals surface area contributed by atoms with Gasteiger partial charge in [-0.05, 0) is 44.6 Å². The van der Waals surface area contributed by atoms with Crippen molar-refractivity contribution in [2.75, 3.05) is 17.2 Å². The van der Waals surface area contributed by atoms with Crippen molar-refractivity contribution in [1.29, 1.82) is 0 Å². The molecule has 5 rings (SSSR count). The topological polar surface area (TPSA) is 125 Å². The van der Waals surface area contributed by atoms with Crippen LogP contribution in [0.1, 0.15) is 53.0 Å². The highest BCUT2D eigenvalue weighted by atomic mass is 32.1. The quantitative estimate of drug-likeness (QED) is 0.381. The highest BCUT2D eigenvalue weighted by molar-refractivity contribution is 7.17. The lowest BCUT2D eigenvalue weighted by Crippen LogP contribution is -2.35. The Morgan fingerprint density at radius 2 is 2.11 bits per heavy atom. The van der Waals surface area contributed by atoms with E-state index in [0.29, 0.717) is 41.6 Å². The third-order valence-electron chi connectivity index (χ3n) is 6.68. The van der Waals surface area contributed by atoms with Crippen LogP contribution in [-0.4, -0.2) is 55.8 Å². The Morgan fingerprint density at radius 3 is 2.82 bits per heavy atom. The Hall–Kier alpha value is -3.62. The Morgan fingerprint density at radius 1 is 1.32 bits per heavy atom. The maximum atomic E-state index is 13.3. The zero-order valence-corrected chi connectivity index (χ0v) is 21.4. The van der Waals surface area contributed by atoms with Gasteiger partial charge in [0.1, 0.15) is 23.3 Å². The third-order valence-corrected chi connectivity index (χ3v) is 7.88. The number of hydrogen-bond donors (Lipinski definition) is 2. The van der Waals surface area contributed by atoms with Crippen LogP contribution >= 0.6 is 11.3 Å². The van der Waals surface area contributed by atoms with Gasteiger partial charge in [0.05, 0.1) is 12.2 Å². The van der Waals surface area contributed by atoms with Gasteiger partial charge in [0.15, 0.2) is 0 Å². The molecule has 3 aromatic heterocycles. The number of halogens is 3. The molecular weight excluding hydrogens is 527 g/mol. The fraction of sp³-hybridized carbons (Fsp3) is 0.522. The highest BCUT2D eigenvalue weighted by Crippen LogP contribution is 2.43. The molecule has 1 saturated carbocycles. The lowest BCUT2D eigenvalue weighted by atomic mass is 9.83. The Balaban J connectivity index is 1.38. The number of rotatable bonds is 9. The van der Waals surface area contributed by atoms with Crippen LogP contribution in [0.25, 0.3) is 0 Å². The van der Waals surface area contributed by atoms with Crippen LogP contribution in [0.2, 0.25) is 0 Å². The molecule has 0 saturated heterocycles. The molecule has 2 aliphatic carbocycles. The molecule has 0 bridgehead atoms. The van der Waals surface area contributed by atoms with E-state index in [1.807, 2.05) is 4.57 Å². The van der Waals surface area contributed by atoms with Crippen molar-refractivity contribution < 1.29 is 32.2 Å². The molecule has 3 aromatic rings. The van der Waals surface area contributed by atoms with Crippen LogP contribution in [0.4, 0.5) is 29.9 Å². The van der Waals surface area contributed by atoms with Crippen LogP contribution in [0.3, 0.4) is 0 Å². The number of carbonyl (C=O) groups excluding carboxylic acids is 2. The predicted octanol–water partition coefficient (Wildman–Crippen LogP) is 4.01. The first-order chi connectivity index (χ1) is 18.2. The molecule has 15 heteroatoms. The average molecular weight is 554 g/mol. The van der Waals surface area contributed by atoms with Crippen molar-refractivity contribution in [3.8, 4) is 5.88 Å². The van der Waals surface area contributed by atoms with E-state index in [1.54, 1.807) is 20.3 Å². The van der Waals surface area contributed by atoms with Crippen molar-refractivity contribution in [1.82, 2.24) is 24.5 Å². The second-order valence-corrected chi connectivity index (χ2v) is 10.2. The first kappa shape index (κ1) is 26.0. The molecule has 1 fully saturated rings. The zero-order chi connectivity index (χ0) is 27.0. The number of nitrogens with zero attached hydrogens (tertiary/aromatic N) is 5. The number of alkyl halides is 3.